The van der Waals surface area contributed by atoms with Crippen molar-refractivity contribution < 1.29 is 9.90 Å². The van der Waals surface area contributed by atoms with Gasteiger partial charge in [0.1, 0.15) is 0 Å². The van der Waals surface area contributed by atoms with Crippen LogP contribution in [0.5, 0.6) is 0 Å². The molecule has 108 valence electrons. The van der Waals surface area contributed by atoms with Crippen molar-refractivity contribution in [3.63, 3.8) is 0 Å². The van der Waals surface area contributed by atoms with Crippen molar-refractivity contribution in [2.45, 2.75) is 53.0 Å². The topological polar surface area (TPSA) is 68.0 Å². The number of carboxylic acid groups (broad SMARTS) is 1. The van der Waals surface area contributed by atoms with Gasteiger partial charge in [0.15, 0.2) is 5.65 Å². The number of carboxylic acids is 1. The Bertz CT molecular complexity index is 644. The molecular weight excluding hydrogens is 254 g/mol. The average Bonchev–Trinajstić information content (AvgIpc) is 2.80. The average molecular weight is 275 g/mol. The van der Waals surface area contributed by atoms with Gasteiger partial charge in [0.25, 0.3) is 0 Å². The molecule has 20 heavy (non-hydrogen) atoms. The van der Waals surface area contributed by atoms with E-state index in [1.54, 1.807) is 0 Å². The second kappa shape index (κ2) is 5.61. The van der Waals surface area contributed by atoms with Crippen LogP contribution in [0.25, 0.3) is 11.0 Å². The van der Waals surface area contributed by atoms with Crippen LogP contribution in [0.3, 0.4) is 0 Å². The molecule has 2 aromatic rings. The molecule has 0 atom stereocenters. The summed E-state index contributed by atoms with van der Waals surface area (Å²) in [5.74, 6) is -0.813. The first-order valence-corrected chi connectivity index (χ1v) is 7.09. The van der Waals surface area contributed by atoms with E-state index in [4.69, 9.17) is 5.11 Å². The highest BCUT2D eigenvalue weighted by Crippen LogP contribution is 2.26. The molecule has 0 fully saturated rings. The normalized spacial score (nSPS) is 11.4. The minimum Gasteiger partial charge on any atom is -0.481 e. The molecule has 0 amide bonds. The van der Waals surface area contributed by atoms with Crippen LogP contribution in [-0.2, 0) is 24.1 Å². The number of aryl methyl sites for hydroxylation is 2. The number of carbonyl (C=O) groups is 1. The van der Waals surface area contributed by atoms with E-state index in [1.165, 1.54) is 0 Å². The predicted octanol–water partition coefficient (Wildman–Crippen LogP) is 2.76. The lowest BCUT2D eigenvalue weighted by atomic mass is 9.97. The van der Waals surface area contributed by atoms with Crippen LogP contribution in [-0.4, -0.2) is 25.8 Å². The summed E-state index contributed by atoms with van der Waals surface area (Å²) in [6.45, 7) is 8.19. The Hall–Kier alpha value is -1.91. The summed E-state index contributed by atoms with van der Waals surface area (Å²) in [6.07, 6.45) is 3.36. The standard InChI is InChI=1S/C15H21N3O2/c1-5-10-11(7-14(19)20)13(6-2)17-15-12(10)8-16-18(15)9(3)4/h8-9H,5-7H2,1-4H3,(H,19,20). The zero-order valence-corrected chi connectivity index (χ0v) is 12.5. The Balaban J connectivity index is 2.76. The molecule has 0 saturated heterocycles. The molecule has 0 aliphatic rings. The van der Waals surface area contributed by atoms with Gasteiger partial charge in [-0.1, -0.05) is 13.8 Å². The zero-order valence-electron chi connectivity index (χ0n) is 12.5. The fourth-order valence-electron chi connectivity index (χ4n) is 2.65. The van der Waals surface area contributed by atoms with E-state index < -0.39 is 5.97 Å². The molecule has 0 saturated carbocycles. The fraction of sp³-hybridized carbons (Fsp3) is 0.533. The van der Waals surface area contributed by atoms with E-state index in [9.17, 15) is 4.79 Å². The molecule has 0 aromatic carbocycles. The molecule has 0 spiro atoms. The SMILES string of the molecule is CCc1nc2c(cnn2C(C)C)c(CC)c1CC(=O)O. The quantitative estimate of drug-likeness (QED) is 0.911. The Morgan fingerprint density at radius 3 is 2.50 bits per heavy atom. The largest absolute Gasteiger partial charge is 0.481 e. The molecule has 5 nitrogen and oxygen atoms in total. The Kier molecular flexibility index (Phi) is 4.06. The van der Waals surface area contributed by atoms with Gasteiger partial charge in [-0.25, -0.2) is 9.67 Å². The summed E-state index contributed by atoms with van der Waals surface area (Å²) in [7, 11) is 0. The lowest BCUT2D eigenvalue weighted by Gasteiger charge is -2.14. The van der Waals surface area contributed by atoms with E-state index >= 15 is 0 Å². The molecule has 2 aromatic heterocycles. The summed E-state index contributed by atoms with van der Waals surface area (Å²) < 4.78 is 1.90. The van der Waals surface area contributed by atoms with Gasteiger partial charge in [0.05, 0.1) is 12.6 Å². The van der Waals surface area contributed by atoms with E-state index in [0.29, 0.717) is 0 Å². The van der Waals surface area contributed by atoms with Gasteiger partial charge in [-0.2, -0.15) is 5.10 Å². The Morgan fingerprint density at radius 2 is 2.00 bits per heavy atom. The van der Waals surface area contributed by atoms with Crippen molar-refractivity contribution in [2.24, 2.45) is 0 Å². The summed E-state index contributed by atoms with van der Waals surface area (Å²) >= 11 is 0. The minimum atomic E-state index is -0.813. The molecule has 5 heteroatoms. The van der Waals surface area contributed by atoms with Crippen molar-refractivity contribution in [1.29, 1.82) is 0 Å². The highest BCUT2D eigenvalue weighted by atomic mass is 16.4. The van der Waals surface area contributed by atoms with Gasteiger partial charge in [0, 0.05) is 17.1 Å². The first kappa shape index (κ1) is 14.5. The number of aromatic nitrogens is 3. The number of pyridine rings is 1. The van der Waals surface area contributed by atoms with Gasteiger partial charge in [-0.15, -0.1) is 0 Å². The fourth-order valence-corrected chi connectivity index (χ4v) is 2.65. The molecule has 0 aliphatic heterocycles. The van der Waals surface area contributed by atoms with E-state index in [0.717, 1.165) is 40.7 Å². The highest BCUT2D eigenvalue weighted by Gasteiger charge is 2.18. The molecule has 2 rings (SSSR count). The second-order valence-corrected chi connectivity index (χ2v) is 5.21. The van der Waals surface area contributed by atoms with E-state index in [1.807, 2.05) is 24.7 Å². The Morgan fingerprint density at radius 1 is 1.30 bits per heavy atom. The van der Waals surface area contributed by atoms with Crippen LogP contribution in [0, 0.1) is 0 Å². The van der Waals surface area contributed by atoms with Crippen molar-refractivity contribution in [1.82, 2.24) is 14.8 Å². The van der Waals surface area contributed by atoms with Crippen molar-refractivity contribution in [3.05, 3.63) is 23.0 Å². The molecular formula is C15H21N3O2. The molecule has 0 bridgehead atoms. The van der Waals surface area contributed by atoms with E-state index in [-0.39, 0.29) is 12.5 Å². The number of hydrogen-bond donors (Lipinski definition) is 1. The van der Waals surface area contributed by atoms with E-state index in [2.05, 4.69) is 23.9 Å². The van der Waals surface area contributed by atoms with Gasteiger partial charge in [-0.05, 0) is 37.8 Å². The number of nitrogens with zero attached hydrogens (tertiary/aromatic N) is 3. The second-order valence-electron chi connectivity index (χ2n) is 5.21. The molecule has 2 heterocycles. The maximum absolute atomic E-state index is 11.1. The summed E-state index contributed by atoms with van der Waals surface area (Å²) in [5, 5.41) is 14.5. The minimum absolute atomic E-state index is 0.0299. The number of hydrogen-bond acceptors (Lipinski definition) is 3. The van der Waals surface area contributed by atoms with Crippen LogP contribution in [0.4, 0.5) is 0 Å². The van der Waals surface area contributed by atoms with Gasteiger partial charge in [-0.3, -0.25) is 4.79 Å². The molecule has 0 aliphatic carbocycles. The maximum atomic E-state index is 11.1. The lowest BCUT2D eigenvalue weighted by Crippen LogP contribution is -2.11. The third-order valence-corrected chi connectivity index (χ3v) is 3.55. The third kappa shape index (κ3) is 2.40. The monoisotopic (exact) mass is 275 g/mol. The molecule has 1 N–H and O–H groups in total. The van der Waals surface area contributed by atoms with Crippen molar-refractivity contribution >= 4 is 17.0 Å². The van der Waals surface area contributed by atoms with Gasteiger partial charge in [0.2, 0.25) is 0 Å². The van der Waals surface area contributed by atoms with Crippen LogP contribution < -0.4 is 0 Å². The van der Waals surface area contributed by atoms with Gasteiger partial charge >= 0.3 is 5.97 Å². The first-order valence-electron chi connectivity index (χ1n) is 7.09. The number of rotatable bonds is 5. The third-order valence-electron chi connectivity index (χ3n) is 3.55. The number of fused-ring (bicyclic) bond motifs is 1. The number of aliphatic carboxylic acids is 1. The molecule has 0 radical (unpaired) electrons. The van der Waals surface area contributed by atoms with Gasteiger partial charge < -0.3 is 5.11 Å². The predicted molar refractivity (Wildman–Crippen MR) is 78.0 cm³/mol. The summed E-state index contributed by atoms with van der Waals surface area (Å²) in [4.78, 5) is 15.8. The summed E-state index contributed by atoms with van der Waals surface area (Å²) in [5.41, 5.74) is 3.67. The maximum Gasteiger partial charge on any atom is 0.307 e. The zero-order chi connectivity index (χ0) is 14.9. The lowest BCUT2D eigenvalue weighted by molar-refractivity contribution is -0.136. The first-order chi connectivity index (χ1) is 9.49. The van der Waals surface area contributed by atoms with Crippen molar-refractivity contribution in [2.75, 3.05) is 0 Å². The smallest absolute Gasteiger partial charge is 0.307 e. The highest BCUT2D eigenvalue weighted by molar-refractivity contribution is 5.83. The van der Waals surface area contributed by atoms with Crippen LogP contribution in [0.15, 0.2) is 6.20 Å². The van der Waals surface area contributed by atoms with Crippen LogP contribution in [0.2, 0.25) is 0 Å². The molecule has 0 unspecified atom stereocenters. The van der Waals surface area contributed by atoms with Crippen LogP contribution in [0.1, 0.15) is 50.6 Å². The van der Waals surface area contributed by atoms with Crippen molar-refractivity contribution in [3.8, 4) is 0 Å². The van der Waals surface area contributed by atoms with Crippen LogP contribution >= 0.6 is 0 Å². The Labute approximate surface area is 118 Å². The summed E-state index contributed by atoms with van der Waals surface area (Å²) in [6, 6.07) is 0.236.